The van der Waals surface area contributed by atoms with Crippen LogP contribution in [0.4, 0.5) is 4.39 Å². The number of piperazine rings is 1. The summed E-state index contributed by atoms with van der Waals surface area (Å²) in [5, 5.41) is 3.32. The molecule has 0 unspecified atom stereocenters. The van der Waals surface area contributed by atoms with E-state index in [1.54, 1.807) is 12.1 Å². The molecule has 88 valence electrons. The van der Waals surface area contributed by atoms with Gasteiger partial charge >= 0.3 is 0 Å². The summed E-state index contributed by atoms with van der Waals surface area (Å²) in [4.78, 5) is 2.37. The van der Waals surface area contributed by atoms with Crippen LogP contribution >= 0.6 is 15.9 Å². The normalized spacial score (nSPS) is 19.7. The molecular weight excluding hydrogens is 271 g/mol. The summed E-state index contributed by atoms with van der Waals surface area (Å²) < 4.78 is 14.0. The third kappa shape index (κ3) is 2.62. The number of rotatable bonds is 2. The van der Waals surface area contributed by atoms with Crippen LogP contribution in [0, 0.1) is 5.82 Å². The SMILES string of the molecule is C[C@@H](c1ccc(Br)c(F)c1)N1CCNCC1. The van der Waals surface area contributed by atoms with Crippen LogP contribution in [0.25, 0.3) is 0 Å². The second-order valence-corrected chi connectivity index (χ2v) is 4.99. The third-order valence-electron chi connectivity index (χ3n) is 3.13. The fourth-order valence-corrected chi connectivity index (χ4v) is 2.30. The monoisotopic (exact) mass is 286 g/mol. The minimum absolute atomic E-state index is 0.181. The van der Waals surface area contributed by atoms with Crippen molar-refractivity contribution in [1.82, 2.24) is 10.2 Å². The van der Waals surface area contributed by atoms with Gasteiger partial charge in [-0.15, -0.1) is 0 Å². The van der Waals surface area contributed by atoms with Gasteiger partial charge in [0.25, 0.3) is 0 Å². The average Bonchev–Trinajstić information content (AvgIpc) is 2.33. The molecule has 1 aliphatic rings. The quantitative estimate of drug-likeness (QED) is 0.899. The van der Waals surface area contributed by atoms with Crippen LogP contribution < -0.4 is 5.32 Å². The van der Waals surface area contributed by atoms with Crippen molar-refractivity contribution in [1.29, 1.82) is 0 Å². The molecule has 1 aliphatic heterocycles. The lowest BCUT2D eigenvalue weighted by molar-refractivity contribution is 0.185. The summed E-state index contributed by atoms with van der Waals surface area (Å²) in [7, 11) is 0. The Labute approximate surface area is 104 Å². The van der Waals surface area contributed by atoms with E-state index < -0.39 is 0 Å². The smallest absolute Gasteiger partial charge is 0.137 e. The lowest BCUT2D eigenvalue weighted by Crippen LogP contribution is -2.44. The van der Waals surface area contributed by atoms with E-state index in [1.165, 1.54) is 0 Å². The molecule has 4 heteroatoms. The van der Waals surface area contributed by atoms with Crippen LogP contribution in [-0.2, 0) is 0 Å². The number of hydrogen-bond donors (Lipinski definition) is 1. The fourth-order valence-electron chi connectivity index (χ4n) is 2.05. The van der Waals surface area contributed by atoms with E-state index in [0.29, 0.717) is 4.47 Å². The minimum Gasteiger partial charge on any atom is -0.314 e. The van der Waals surface area contributed by atoms with Crippen LogP contribution in [0.2, 0.25) is 0 Å². The third-order valence-corrected chi connectivity index (χ3v) is 3.77. The van der Waals surface area contributed by atoms with Crippen molar-refractivity contribution in [2.75, 3.05) is 26.2 Å². The van der Waals surface area contributed by atoms with E-state index in [1.807, 2.05) is 6.07 Å². The highest BCUT2D eigenvalue weighted by Gasteiger charge is 2.18. The fraction of sp³-hybridized carbons (Fsp3) is 0.500. The summed E-state index contributed by atoms with van der Waals surface area (Å²) in [6, 6.07) is 5.67. The molecule has 0 saturated carbocycles. The predicted molar refractivity (Wildman–Crippen MR) is 67.0 cm³/mol. The van der Waals surface area contributed by atoms with Crippen molar-refractivity contribution in [3.05, 3.63) is 34.1 Å². The summed E-state index contributed by atoms with van der Waals surface area (Å²) in [5.74, 6) is -0.181. The highest BCUT2D eigenvalue weighted by Crippen LogP contribution is 2.24. The first-order valence-corrected chi connectivity index (χ1v) is 6.37. The molecule has 1 atom stereocenters. The number of hydrogen-bond acceptors (Lipinski definition) is 2. The van der Waals surface area contributed by atoms with Crippen molar-refractivity contribution < 1.29 is 4.39 Å². The van der Waals surface area contributed by atoms with Gasteiger partial charge in [0.15, 0.2) is 0 Å². The van der Waals surface area contributed by atoms with Crippen molar-refractivity contribution >= 4 is 15.9 Å². The number of benzene rings is 1. The summed E-state index contributed by atoms with van der Waals surface area (Å²) in [5.41, 5.74) is 1.04. The molecule has 16 heavy (non-hydrogen) atoms. The van der Waals surface area contributed by atoms with Gasteiger partial charge in [-0.25, -0.2) is 4.39 Å². The minimum atomic E-state index is -0.181. The lowest BCUT2D eigenvalue weighted by atomic mass is 10.1. The Bertz CT molecular complexity index is 364. The number of nitrogens with zero attached hydrogens (tertiary/aromatic N) is 1. The molecule has 2 nitrogen and oxygen atoms in total. The van der Waals surface area contributed by atoms with Gasteiger partial charge in [0, 0.05) is 32.2 Å². The number of nitrogens with one attached hydrogen (secondary N) is 1. The van der Waals surface area contributed by atoms with Crippen molar-refractivity contribution in [3.8, 4) is 0 Å². The summed E-state index contributed by atoms with van der Waals surface area (Å²) in [6.07, 6.45) is 0. The Hall–Kier alpha value is -0.450. The van der Waals surface area contributed by atoms with Crippen LogP contribution in [0.5, 0.6) is 0 Å². The zero-order valence-electron chi connectivity index (χ0n) is 9.34. The van der Waals surface area contributed by atoms with Gasteiger partial charge < -0.3 is 5.32 Å². The van der Waals surface area contributed by atoms with E-state index in [0.717, 1.165) is 31.7 Å². The molecule has 0 aromatic heterocycles. The van der Waals surface area contributed by atoms with Crippen molar-refractivity contribution in [2.24, 2.45) is 0 Å². The van der Waals surface area contributed by atoms with E-state index in [2.05, 4.69) is 33.1 Å². The molecule has 2 rings (SSSR count). The van der Waals surface area contributed by atoms with Gasteiger partial charge in [-0.3, -0.25) is 4.90 Å². The van der Waals surface area contributed by atoms with Gasteiger partial charge in [0.1, 0.15) is 5.82 Å². The Morgan fingerprint density at radius 1 is 1.38 bits per heavy atom. The predicted octanol–water partition coefficient (Wildman–Crippen LogP) is 2.55. The first kappa shape index (κ1) is 12.0. The zero-order chi connectivity index (χ0) is 11.5. The molecule has 1 aromatic carbocycles. The number of halogens is 2. The van der Waals surface area contributed by atoms with Gasteiger partial charge in [-0.1, -0.05) is 6.07 Å². The molecule has 0 spiro atoms. The highest BCUT2D eigenvalue weighted by atomic mass is 79.9. The molecule has 0 aliphatic carbocycles. The molecule has 0 bridgehead atoms. The van der Waals surface area contributed by atoms with Crippen LogP contribution in [0.1, 0.15) is 18.5 Å². The maximum atomic E-state index is 13.4. The van der Waals surface area contributed by atoms with E-state index in [9.17, 15) is 4.39 Å². The molecule has 1 N–H and O–H groups in total. The zero-order valence-corrected chi connectivity index (χ0v) is 10.9. The largest absolute Gasteiger partial charge is 0.314 e. The second kappa shape index (κ2) is 5.25. The van der Waals surface area contributed by atoms with E-state index in [4.69, 9.17) is 0 Å². The molecule has 1 fully saturated rings. The maximum absolute atomic E-state index is 13.4. The van der Waals surface area contributed by atoms with Crippen LogP contribution in [0.15, 0.2) is 22.7 Å². The average molecular weight is 287 g/mol. The van der Waals surface area contributed by atoms with Crippen LogP contribution in [-0.4, -0.2) is 31.1 Å². The first-order chi connectivity index (χ1) is 7.68. The van der Waals surface area contributed by atoms with Crippen molar-refractivity contribution in [3.63, 3.8) is 0 Å². The Morgan fingerprint density at radius 2 is 2.06 bits per heavy atom. The Kier molecular flexibility index (Phi) is 3.95. The molecule has 1 saturated heterocycles. The van der Waals surface area contributed by atoms with Gasteiger partial charge in [-0.2, -0.15) is 0 Å². The lowest BCUT2D eigenvalue weighted by Gasteiger charge is -2.33. The van der Waals surface area contributed by atoms with E-state index in [-0.39, 0.29) is 11.9 Å². The molecule has 1 heterocycles. The maximum Gasteiger partial charge on any atom is 0.137 e. The van der Waals surface area contributed by atoms with E-state index >= 15 is 0 Å². The molecule has 1 aromatic rings. The highest BCUT2D eigenvalue weighted by molar-refractivity contribution is 9.10. The molecule has 0 amide bonds. The van der Waals surface area contributed by atoms with Gasteiger partial charge in [0.2, 0.25) is 0 Å². The summed E-state index contributed by atoms with van der Waals surface area (Å²) >= 11 is 3.18. The van der Waals surface area contributed by atoms with Gasteiger partial charge in [-0.05, 0) is 40.5 Å². The first-order valence-electron chi connectivity index (χ1n) is 5.58. The van der Waals surface area contributed by atoms with Crippen molar-refractivity contribution in [2.45, 2.75) is 13.0 Å². The molecule has 0 radical (unpaired) electrons. The molecular formula is C12H16BrFN2. The Balaban J connectivity index is 2.12. The van der Waals surface area contributed by atoms with Gasteiger partial charge in [0.05, 0.1) is 4.47 Å². The second-order valence-electron chi connectivity index (χ2n) is 4.14. The standard InChI is InChI=1S/C12H16BrFN2/c1-9(16-6-4-15-5-7-16)10-2-3-11(13)12(14)8-10/h2-3,8-9,15H,4-7H2,1H3/t9-/m0/s1. The Morgan fingerprint density at radius 3 is 2.69 bits per heavy atom. The van der Waals surface area contributed by atoms with Crippen LogP contribution in [0.3, 0.4) is 0 Å². The topological polar surface area (TPSA) is 15.3 Å². The summed E-state index contributed by atoms with van der Waals surface area (Å²) in [6.45, 7) is 6.22.